The Labute approximate surface area is 130 Å². The SMILES string of the molecule is CC1=Cc2ccccc2[C@@H](C#N)N1S(=O)(=O)c1ccccc1. The molecule has 0 aromatic heterocycles. The lowest BCUT2D eigenvalue weighted by Crippen LogP contribution is -2.35. The predicted octanol–water partition coefficient (Wildman–Crippen LogP) is 3.32. The zero-order valence-electron chi connectivity index (χ0n) is 12.0. The Morgan fingerprint density at radius 2 is 1.68 bits per heavy atom. The van der Waals surface area contributed by atoms with E-state index in [4.69, 9.17) is 0 Å². The third-order valence-electron chi connectivity index (χ3n) is 3.66. The predicted molar refractivity (Wildman–Crippen MR) is 83.9 cm³/mol. The van der Waals surface area contributed by atoms with Gasteiger partial charge in [-0.2, -0.15) is 5.26 Å². The monoisotopic (exact) mass is 310 g/mol. The first-order valence-corrected chi connectivity index (χ1v) is 8.26. The van der Waals surface area contributed by atoms with Gasteiger partial charge in [0.15, 0.2) is 6.04 Å². The Bertz CT molecular complexity index is 880. The molecule has 1 aliphatic heterocycles. The average Bonchev–Trinajstić information content (AvgIpc) is 2.54. The summed E-state index contributed by atoms with van der Waals surface area (Å²) in [5, 5.41) is 9.55. The highest BCUT2D eigenvalue weighted by molar-refractivity contribution is 7.89. The fraction of sp³-hybridized carbons (Fsp3) is 0.118. The fourth-order valence-corrected chi connectivity index (χ4v) is 4.26. The molecule has 0 aliphatic carbocycles. The molecule has 0 amide bonds. The molecule has 3 rings (SSSR count). The van der Waals surface area contributed by atoms with Crippen molar-refractivity contribution in [2.24, 2.45) is 0 Å². The van der Waals surface area contributed by atoms with Crippen LogP contribution in [0.4, 0.5) is 0 Å². The van der Waals surface area contributed by atoms with Crippen LogP contribution in [0, 0.1) is 11.3 Å². The zero-order chi connectivity index (χ0) is 15.7. The fourth-order valence-electron chi connectivity index (χ4n) is 2.67. The molecule has 110 valence electrons. The van der Waals surface area contributed by atoms with Crippen LogP contribution in [-0.2, 0) is 10.0 Å². The molecule has 5 heteroatoms. The Morgan fingerprint density at radius 1 is 1.05 bits per heavy atom. The summed E-state index contributed by atoms with van der Waals surface area (Å²) >= 11 is 0. The maximum absolute atomic E-state index is 12.9. The van der Waals surface area contributed by atoms with Crippen LogP contribution in [0.5, 0.6) is 0 Å². The lowest BCUT2D eigenvalue weighted by Gasteiger charge is -2.33. The van der Waals surface area contributed by atoms with Crippen molar-refractivity contribution in [1.29, 1.82) is 5.26 Å². The first-order chi connectivity index (χ1) is 10.6. The number of hydrogen-bond acceptors (Lipinski definition) is 3. The number of hydrogen-bond donors (Lipinski definition) is 0. The van der Waals surface area contributed by atoms with E-state index in [0.29, 0.717) is 11.3 Å². The average molecular weight is 310 g/mol. The quantitative estimate of drug-likeness (QED) is 0.855. The third-order valence-corrected chi connectivity index (χ3v) is 5.54. The minimum Gasteiger partial charge on any atom is -0.249 e. The van der Waals surface area contributed by atoms with Crippen LogP contribution >= 0.6 is 0 Å². The van der Waals surface area contributed by atoms with Gasteiger partial charge in [-0.15, -0.1) is 0 Å². The summed E-state index contributed by atoms with van der Waals surface area (Å²) in [6.07, 6.45) is 1.80. The van der Waals surface area contributed by atoms with Gasteiger partial charge in [0.2, 0.25) is 0 Å². The molecule has 22 heavy (non-hydrogen) atoms. The van der Waals surface area contributed by atoms with E-state index in [1.165, 1.54) is 16.4 Å². The van der Waals surface area contributed by atoms with Crippen LogP contribution in [0.2, 0.25) is 0 Å². The Morgan fingerprint density at radius 3 is 2.36 bits per heavy atom. The molecule has 0 unspecified atom stereocenters. The number of nitriles is 1. The van der Waals surface area contributed by atoms with Crippen molar-refractivity contribution in [1.82, 2.24) is 4.31 Å². The van der Waals surface area contributed by atoms with Gasteiger partial charge >= 0.3 is 0 Å². The molecule has 0 radical (unpaired) electrons. The Kier molecular flexibility index (Phi) is 3.47. The number of allylic oxidation sites excluding steroid dienone is 1. The van der Waals surface area contributed by atoms with E-state index in [1.807, 2.05) is 18.2 Å². The van der Waals surface area contributed by atoms with Crippen molar-refractivity contribution in [3.63, 3.8) is 0 Å². The van der Waals surface area contributed by atoms with Crippen molar-refractivity contribution in [3.8, 4) is 6.07 Å². The summed E-state index contributed by atoms with van der Waals surface area (Å²) < 4.78 is 27.0. The minimum absolute atomic E-state index is 0.183. The lowest BCUT2D eigenvalue weighted by molar-refractivity contribution is 0.436. The van der Waals surface area contributed by atoms with Gasteiger partial charge in [-0.25, -0.2) is 12.7 Å². The molecule has 4 nitrogen and oxygen atoms in total. The molecule has 0 N–H and O–H groups in total. The van der Waals surface area contributed by atoms with Crippen molar-refractivity contribution >= 4 is 16.1 Å². The highest BCUT2D eigenvalue weighted by atomic mass is 32.2. The lowest BCUT2D eigenvalue weighted by atomic mass is 9.97. The summed E-state index contributed by atoms with van der Waals surface area (Å²) in [4.78, 5) is 0.183. The van der Waals surface area contributed by atoms with E-state index in [1.54, 1.807) is 37.3 Å². The molecule has 0 fully saturated rings. The third kappa shape index (κ3) is 2.18. The van der Waals surface area contributed by atoms with Gasteiger partial charge in [0, 0.05) is 5.70 Å². The molecule has 1 heterocycles. The summed E-state index contributed by atoms with van der Waals surface area (Å²) in [5.41, 5.74) is 2.12. The molecular formula is C17H14N2O2S. The van der Waals surface area contributed by atoms with Gasteiger partial charge in [-0.3, -0.25) is 0 Å². The molecule has 1 atom stereocenters. The highest BCUT2D eigenvalue weighted by Crippen LogP contribution is 2.37. The molecule has 2 aromatic carbocycles. The first kappa shape index (κ1) is 14.4. The maximum Gasteiger partial charge on any atom is 0.265 e. The van der Waals surface area contributed by atoms with Crippen LogP contribution in [0.1, 0.15) is 24.1 Å². The van der Waals surface area contributed by atoms with Crippen molar-refractivity contribution in [3.05, 3.63) is 71.4 Å². The summed E-state index contributed by atoms with van der Waals surface area (Å²) in [6, 6.07) is 16.8. The van der Waals surface area contributed by atoms with E-state index >= 15 is 0 Å². The van der Waals surface area contributed by atoms with Crippen molar-refractivity contribution in [2.45, 2.75) is 17.9 Å². The topological polar surface area (TPSA) is 61.2 Å². The smallest absolute Gasteiger partial charge is 0.249 e. The highest BCUT2D eigenvalue weighted by Gasteiger charge is 2.36. The van der Waals surface area contributed by atoms with E-state index in [2.05, 4.69) is 6.07 Å². The second-order valence-corrected chi connectivity index (χ2v) is 6.88. The Hall–Kier alpha value is -2.58. The molecule has 0 saturated heterocycles. The Balaban J connectivity index is 2.18. The second kappa shape index (κ2) is 5.32. The second-order valence-electron chi connectivity index (χ2n) is 5.06. The number of fused-ring (bicyclic) bond motifs is 1. The van der Waals surface area contributed by atoms with Crippen LogP contribution in [-0.4, -0.2) is 12.7 Å². The van der Waals surface area contributed by atoms with Gasteiger partial charge < -0.3 is 0 Å². The molecule has 0 bridgehead atoms. The first-order valence-electron chi connectivity index (χ1n) is 6.82. The molecular weight excluding hydrogens is 296 g/mol. The van der Waals surface area contributed by atoms with Crippen LogP contribution in [0.25, 0.3) is 6.08 Å². The number of sulfonamides is 1. The normalized spacial score (nSPS) is 17.4. The standard InChI is InChI=1S/C17H14N2O2S/c1-13-11-14-7-5-6-10-16(14)17(12-18)19(13)22(20,21)15-8-3-2-4-9-15/h2-11,17H,1H3/t17-/m1/s1. The largest absolute Gasteiger partial charge is 0.265 e. The summed E-state index contributed by atoms with van der Waals surface area (Å²) in [5.74, 6) is 0. The summed E-state index contributed by atoms with van der Waals surface area (Å²) in [6.45, 7) is 1.71. The zero-order valence-corrected chi connectivity index (χ0v) is 12.8. The van der Waals surface area contributed by atoms with E-state index in [-0.39, 0.29) is 4.90 Å². The van der Waals surface area contributed by atoms with E-state index < -0.39 is 16.1 Å². The molecule has 0 spiro atoms. The van der Waals surface area contributed by atoms with Crippen molar-refractivity contribution in [2.75, 3.05) is 0 Å². The van der Waals surface area contributed by atoms with Crippen LogP contribution < -0.4 is 0 Å². The number of benzene rings is 2. The maximum atomic E-state index is 12.9. The molecule has 1 aliphatic rings. The van der Waals surface area contributed by atoms with Gasteiger partial charge in [0.1, 0.15) is 0 Å². The van der Waals surface area contributed by atoms with Gasteiger partial charge in [0.05, 0.1) is 11.0 Å². The molecule has 0 saturated carbocycles. The van der Waals surface area contributed by atoms with Crippen LogP contribution in [0.15, 0.2) is 65.2 Å². The minimum atomic E-state index is -3.77. The van der Waals surface area contributed by atoms with Crippen molar-refractivity contribution < 1.29 is 8.42 Å². The number of nitrogens with zero attached hydrogens (tertiary/aromatic N) is 2. The van der Waals surface area contributed by atoms with E-state index in [0.717, 1.165) is 5.56 Å². The van der Waals surface area contributed by atoms with Gasteiger partial charge in [0.25, 0.3) is 10.0 Å². The number of rotatable bonds is 2. The van der Waals surface area contributed by atoms with Gasteiger partial charge in [-0.05, 0) is 36.3 Å². The van der Waals surface area contributed by atoms with Gasteiger partial charge in [-0.1, -0.05) is 42.5 Å². The molecule has 2 aromatic rings. The van der Waals surface area contributed by atoms with Crippen LogP contribution in [0.3, 0.4) is 0 Å². The summed E-state index contributed by atoms with van der Waals surface area (Å²) in [7, 11) is -3.77. The van der Waals surface area contributed by atoms with E-state index in [9.17, 15) is 13.7 Å².